The highest BCUT2D eigenvalue weighted by Crippen LogP contribution is 2.34. The molecule has 2 heterocycles. The summed E-state index contributed by atoms with van der Waals surface area (Å²) in [6.07, 6.45) is -0.992. The molecule has 0 bridgehead atoms. The van der Waals surface area contributed by atoms with E-state index in [1.54, 1.807) is 24.3 Å². The average Bonchev–Trinajstić information content (AvgIpc) is 3.06. The van der Waals surface area contributed by atoms with Crippen molar-refractivity contribution >= 4 is 34.2 Å². The van der Waals surface area contributed by atoms with E-state index in [1.807, 2.05) is 0 Å². The molecule has 9 nitrogen and oxygen atoms in total. The number of hydrogen-bond acceptors (Lipinski definition) is 10. The van der Waals surface area contributed by atoms with Crippen LogP contribution in [0.15, 0.2) is 24.3 Å². The van der Waals surface area contributed by atoms with Crippen molar-refractivity contribution in [3.63, 3.8) is 0 Å². The first-order valence-corrected chi connectivity index (χ1v) is 8.90. The highest BCUT2D eigenvalue weighted by atomic mass is 32.1. The van der Waals surface area contributed by atoms with Crippen molar-refractivity contribution in [2.24, 2.45) is 0 Å². The number of thiophene rings is 1. The fourth-order valence-corrected chi connectivity index (χ4v) is 3.56. The lowest BCUT2D eigenvalue weighted by atomic mass is 10.1. The molecule has 1 aromatic carbocycles. The van der Waals surface area contributed by atoms with E-state index in [2.05, 4.69) is 0 Å². The molecule has 10 heteroatoms. The number of anilines is 1. The molecule has 0 radical (unpaired) electrons. The quantitative estimate of drug-likeness (QED) is 0.583. The van der Waals surface area contributed by atoms with Crippen LogP contribution in [-0.2, 0) is 25.6 Å². The number of carbonyl (C=O) groups excluding carboxylic acids is 3. The van der Waals surface area contributed by atoms with Crippen LogP contribution in [0.2, 0.25) is 0 Å². The van der Waals surface area contributed by atoms with Crippen LogP contribution in [0.4, 0.5) is 5.00 Å². The number of rotatable bonds is 5. The van der Waals surface area contributed by atoms with E-state index in [1.165, 1.54) is 14.2 Å². The molecule has 0 aliphatic carbocycles. The third kappa shape index (κ3) is 3.72. The maximum absolute atomic E-state index is 12.4. The molecule has 0 fully saturated rings. The van der Waals surface area contributed by atoms with Crippen LogP contribution in [0.25, 0.3) is 0 Å². The van der Waals surface area contributed by atoms with Crippen molar-refractivity contribution in [1.82, 2.24) is 0 Å². The third-order valence-electron chi connectivity index (χ3n) is 3.92. The van der Waals surface area contributed by atoms with Crippen molar-refractivity contribution in [3.05, 3.63) is 40.3 Å². The molecule has 1 unspecified atom stereocenters. The first-order valence-electron chi connectivity index (χ1n) is 8.09. The SMILES string of the molecule is COC(=O)c1sc(N)c(C(=O)OC)c1COC(=O)C1COc2ccccc2O1. The molecular weight excluding hydrogens is 390 g/mol. The van der Waals surface area contributed by atoms with Crippen molar-refractivity contribution < 1.29 is 38.1 Å². The molecule has 28 heavy (non-hydrogen) atoms. The number of esters is 3. The number of hydrogen-bond donors (Lipinski definition) is 1. The van der Waals surface area contributed by atoms with Gasteiger partial charge in [0, 0.05) is 5.56 Å². The molecule has 3 rings (SSSR count). The van der Waals surface area contributed by atoms with Crippen LogP contribution in [0.1, 0.15) is 25.6 Å². The highest BCUT2D eigenvalue weighted by molar-refractivity contribution is 7.18. The minimum Gasteiger partial charge on any atom is -0.485 e. The Balaban J connectivity index is 1.77. The fraction of sp³-hybridized carbons (Fsp3) is 0.278. The van der Waals surface area contributed by atoms with Crippen LogP contribution < -0.4 is 15.2 Å². The number of fused-ring (bicyclic) bond motifs is 1. The van der Waals surface area contributed by atoms with Gasteiger partial charge in [0.05, 0.1) is 14.2 Å². The monoisotopic (exact) mass is 407 g/mol. The van der Waals surface area contributed by atoms with Gasteiger partial charge in [-0.2, -0.15) is 0 Å². The maximum atomic E-state index is 12.4. The largest absolute Gasteiger partial charge is 0.485 e. The van der Waals surface area contributed by atoms with Crippen molar-refractivity contribution in [1.29, 1.82) is 0 Å². The van der Waals surface area contributed by atoms with Crippen molar-refractivity contribution in [3.8, 4) is 11.5 Å². The third-order valence-corrected chi connectivity index (χ3v) is 4.97. The molecular formula is C18H17NO8S. The lowest BCUT2D eigenvalue weighted by Gasteiger charge is -2.25. The summed E-state index contributed by atoms with van der Waals surface area (Å²) in [5.41, 5.74) is 5.92. The Labute approximate surface area is 163 Å². The summed E-state index contributed by atoms with van der Waals surface area (Å²) < 4.78 is 25.7. The van der Waals surface area contributed by atoms with E-state index in [4.69, 9.17) is 29.4 Å². The van der Waals surface area contributed by atoms with Gasteiger partial charge >= 0.3 is 17.9 Å². The molecule has 1 aliphatic heterocycles. The number of para-hydroxylation sites is 2. The first-order chi connectivity index (χ1) is 13.5. The normalized spacial score (nSPS) is 14.9. The Kier molecular flexibility index (Phi) is 5.69. The van der Waals surface area contributed by atoms with Gasteiger partial charge in [0.2, 0.25) is 6.10 Å². The number of carbonyl (C=O) groups is 3. The Morgan fingerprint density at radius 2 is 1.82 bits per heavy atom. The molecule has 1 atom stereocenters. The Bertz CT molecular complexity index is 922. The number of methoxy groups -OCH3 is 2. The zero-order valence-corrected chi connectivity index (χ0v) is 15.9. The van der Waals surface area contributed by atoms with Gasteiger partial charge in [-0.25, -0.2) is 14.4 Å². The van der Waals surface area contributed by atoms with E-state index in [0.29, 0.717) is 11.5 Å². The van der Waals surface area contributed by atoms with Gasteiger partial charge in [-0.05, 0) is 12.1 Å². The summed E-state index contributed by atoms with van der Waals surface area (Å²) in [6.45, 7) is -0.418. The van der Waals surface area contributed by atoms with Crippen LogP contribution in [-0.4, -0.2) is 44.8 Å². The van der Waals surface area contributed by atoms with Gasteiger partial charge in [-0.3, -0.25) is 0 Å². The standard InChI is InChI=1S/C18H17NO8S/c1-23-17(21)13-9(14(18(22)24-2)28-15(13)19)7-26-16(20)12-8-25-10-5-3-4-6-11(10)27-12/h3-6,12H,7-8,19H2,1-2H3. The van der Waals surface area contributed by atoms with E-state index < -0.39 is 24.0 Å². The van der Waals surface area contributed by atoms with Crippen LogP contribution in [0, 0.1) is 0 Å². The molecule has 0 spiro atoms. The maximum Gasteiger partial charge on any atom is 0.351 e. The minimum absolute atomic E-state index is 0.0324. The Morgan fingerprint density at radius 1 is 1.14 bits per heavy atom. The zero-order valence-electron chi connectivity index (χ0n) is 15.1. The minimum atomic E-state index is -0.992. The predicted molar refractivity (Wildman–Crippen MR) is 97.6 cm³/mol. The number of nitrogen functional groups attached to an aromatic ring is 1. The topological polar surface area (TPSA) is 123 Å². The van der Waals surface area contributed by atoms with Gasteiger partial charge in [0.25, 0.3) is 0 Å². The summed E-state index contributed by atoms with van der Waals surface area (Å²) >= 11 is 0.850. The molecule has 2 N–H and O–H groups in total. The lowest BCUT2D eigenvalue weighted by molar-refractivity contribution is -0.155. The smallest absolute Gasteiger partial charge is 0.351 e. The summed E-state index contributed by atoms with van der Waals surface area (Å²) in [7, 11) is 2.37. The summed E-state index contributed by atoms with van der Waals surface area (Å²) in [5.74, 6) is -1.23. The van der Waals surface area contributed by atoms with E-state index >= 15 is 0 Å². The van der Waals surface area contributed by atoms with Gasteiger partial charge in [0.1, 0.15) is 28.7 Å². The van der Waals surface area contributed by atoms with Crippen molar-refractivity contribution in [2.75, 3.05) is 26.6 Å². The van der Waals surface area contributed by atoms with Crippen LogP contribution in [0.3, 0.4) is 0 Å². The Morgan fingerprint density at radius 3 is 2.50 bits per heavy atom. The molecule has 1 aromatic heterocycles. The Hall–Kier alpha value is -3.27. The van der Waals surface area contributed by atoms with Crippen molar-refractivity contribution in [2.45, 2.75) is 12.7 Å². The number of benzene rings is 1. The van der Waals surface area contributed by atoms with Gasteiger partial charge in [0.15, 0.2) is 11.5 Å². The second kappa shape index (κ2) is 8.17. The van der Waals surface area contributed by atoms with Crippen LogP contribution in [0.5, 0.6) is 11.5 Å². The van der Waals surface area contributed by atoms with Gasteiger partial charge < -0.3 is 29.4 Å². The highest BCUT2D eigenvalue weighted by Gasteiger charge is 2.31. The molecule has 0 saturated heterocycles. The molecule has 148 valence electrons. The van der Waals surface area contributed by atoms with E-state index in [9.17, 15) is 14.4 Å². The van der Waals surface area contributed by atoms with Gasteiger partial charge in [-0.15, -0.1) is 11.3 Å². The second-order valence-corrected chi connectivity index (χ2v) is 6.66. The molecule has 0 amide bonds. The van der Waals surface area contributed by atoms with E-state index in [-0.39, 0.29) is 34.2 Å². The molecule has 2 aromatic rings. The lowest BCUT2D eigenvalue weighted by Crippen LogP contribution is -2.37. The number of nitrogens with two attached hydrogens (primary N) is 1. The molecule has 0 saturated carbocycles. The second-order valence-electron chi connectivity index (χ2n) is 5.60. The summed E-state index contributed by atoms with van der Waals surface area (Å²) in [4.78, 5) is 36.5. The summed E-state index contributed by atoms with van der Waals surface area (Å²) in [5, 5.41) is 0.0597. The number of ether oxygens (including phenoxy) is 5. The summed E-state index contributed by atoms with van der Waals surface area (Å²) in [6, 6.07) is 6.91. The zero-order chi connectivity index (χ0) is 20.3. The fourth-order valence-electron chi connectivity index (χ4n) is 2.58. The first kappa shape index (κ1) is 19.5. The van der Waals surface area contributed by atoms with Gasteiger partial charge in [-0.1, -0.05) is 12.1 Å². The molecule has 1 aliphatic rings. The van der Waals surface area contributed by atoms with Crippen LogP contribution >= 0.6 is 11.3 Å². The predicted octanol–water partition coefficient (Wildman–Crippen LogP) is 1.79. The van der Waals surface area contributed by atoms with E-state index in [0.717, 1.165) is 11.3 Å². The average molecular weight is 407 g/mol.